The molecule has 9 nitrogen and oxygen atoms in total. The number of hydrogen-bond donors (Lipinski definition) is 2. The van der Waals surface area contributed by atoms with Crippen molar-refractivity contribution in [1.82, 2.24) is 9.13 Å². The van der Waals surface area contributed by atoms with E-state index in [2.05, 4.69) is 12.2 Å². The average molecular weight is 430 g/mol. The summed E-state index contributed by atoms with van der Waals surface area (Å²) in [6.07, 6.45) is 2.50. The molecule has 1 amide bonds. The second-order valence-corrected chi connectivity index (χ2v) is 7.61. The molecule has 3 N–H and O–H groups in total. The monoisotopic (exact) mass is 429 g/mol. The molecule has 0 spiro atoms. The summed E-state index contributed by atoms with van der Waals surface area (Å²) >= 11 is 0. The number of anilines is 3. The third kappa shape index (κ3) is 5.16. The van der Waals surface area contributed by atoms with Gasteiger partial charge in [0.05, 0.1) is 13.2 Å². The summed E-state index contributed by atoms with van der Waals surface area (Å²) in [5, 5.41) is 2.76. The number of nitrogens with zero attached hydrogens (tertiary/aromatic N) is 3. The molecule has 168 valence electrons. The molecule has 0 saturated carbocycles. The Morgan fingerprint density at radius 1 is 1.10 bits per heavy atom. The summed E-state index contributed by atoms with van der Waals surface area (Å²) in [5.41, 5.74) is 7.19. The van der Waals surface area contributed by atoms with Crippen LogP contribution in [0.4, 0.5) is 17.2 Å². The number of aryl methyl sites for hydroxylation is 1. The number of unbranched alkanes of at least 4 members (excludes halogenated alkanes) is 1. The Bertz CT molecular complexity index is 1020. The maximum Gasteiger partial charge on any atom is 0.333 e. The van der Waals surface area contributed by atoms with Crippen LogP contribution in [0.2, 0.25) is 0 Å². The van der Waals surface area contributed by atoms with Crippen molar-refractivity contribution in [2.24, 2.45) is 0 Å². The molecule has 1 saturated heterocycles. The number of hydrogen-bond acceptors (Lipinski definition) is 6. The van der Waals surface area contributed by atoms with Crippen LogP contribution in [0.3, 0.4) is 0 Å². The van der Waals surface area contributed by atoms with Gasteiger partial charge in [0, 0.05) is 25.3 Å². The van der Waals surface area contributed by atoms with Crippen molar-refractivity contribution < 1.29 is 9.53 Å². The predicted octanol–water partition coefficient (Wildman–Crippen LogP) is 1.43. The van der Waals surface area contributed by atoms with Crippen LogP contribution in [0.1, 0.15) is 32.3 Å². The lowest BCUT2D eigenvalue weighted by atomic mass is 10.1. The maximum absolute atomic E-state index is 13.2. The van der Waals surface area contributed by atoms with Gasteiger partial charge in [-0.1, -0.05) is 32.4 Å². The van der Waals surface area contributed by atoms with E-state index in [0.29, 0.717) is 38.5 Å². The maximum atomic E-state index is 13.2. The van der Waals surface area contributed by atoms with Crippen molar-refractivity contribution in [2.45, 2.75) is 46.2 Å². The molecule has 0 atom stereocenters. The molecule has 1 fully saturated rings. The van der Waals surface area contributed by atoms with E-state index in [4.69, 9.17) is 10.5 Å². The lowest BCUT2D eigenvalue weighted by molar-refractivity contribution is -0.116. The number of nitrogen functional groups attached to an aromatic ring is 1. The zero-order valence-electron chi connectivity index (χ0n) is 18.2. The molecule has 0 bridgehead atoms. The quantitative estimate of drug-likeness (QED) is 0.657. The van der Waals surface area contributed by atoms with Crippen molar-refractivity contribution in [2.75, 3.05) is 42.3 Å². The van der Waals surface area contributed by atoms with E-state index in [1.54, 1.807) is 12.1 Å². The molecule has 1 aliphatic heterocycles. The molecular formula is C22H31N5O4. The van der Waals surface area contributed by atoms with E-state index in [-0.39, 0.29) is 18.1 Å². The van der Waals surface area contributed by atoms with Gasteiger partial charge in [0.15, 0.2) is 0 Å². The van der Waals surface area contributed by atoms with Gasteiger partial charge in [-0.15, -0.1) is 0 Å². The molecule has 0 radical (unpaired) electrons. The fraction of sp³-hybridized carbons (Fsp3) is 0.500. The number of carbonyl (C=O) groups is 1. The lowest BCUT2D eigenvalue weighted by Crippen LogP contribution is -2.48. The van der Waals surface area contributed by atoms with E-state index in [1.165, 1.54) is 4.57 Å². The normalized spacial score (nSPS) is 13.9. The Morgan fingerprint density at radius 2 is 1.77 bits per heavy atom. The van der Waals surface area contributed by atoms with Gasteiger partial charge >= 0.3 is 5.69 Å². The second kappa shape index (κ2) is 10.3. The third-order valence-electron chi connectivity index (χ3n) is 5.45. The summed E-state index contributed by atoms with van der Waals surface area (Å²) in [5.74, 6) is -0.291. The molecule has 9 heteroatoms. The Morgan fingerprint density at radius 3 is 2.39 bits per heavy atom. The second-order valence-electron chi connectivity index (χ2n) is 7.61. The molecule has 1 aliphatic rings. The Balaban J connectivity index is 1.94. The highest BCUT2D eigenvalue weighted by Gasteiger charge is 2.24. The van der Waals surface area contributed by atoms with Gasteiger partial charge in [0.25, 0.3) is 5.56 Å². The van der Waals surface area contributed by atoms with Crippen LogP contribution in [0.25, 0.3) is 0 Å². The van der Waals surface area contributed by atoms with Crippen molar-refractivity contribution in [3.63, 3.8) is 0 Å². The fourth-order valence-electron chi connectivity index (χ4n) is 3.62. The number of rotatable bonds is 8. The van der Waals surface area contributed by atoms with Crippen molar-refractivity contribution in [3.05, 3.63) is 50.7 Å². The summed E-state index contributed by atoms with van der Waals surface area (Å²) in [6.45, 7) is 6.02. The Kier molecular flexibility index (Phi) is 7.51. The number of morpholine rings is 1. The van der Waals surface area contributed by atoms with Crippen LogP contribution in [0.5, 0.6) is 0 Å². The first-order valence-corrected chi connectivity index (χ1v) is 10.8. The number of carbonyl (C=O) groups excluding carboxylic acids is 1. The first kappa shape index (κ1) is 22.6. The minimum atomic E-state index is -0.565. The molecule has 0 aliphatic carbocycles. The number of benzene rings is 1. The standard InChI is InChI=1S/C22H31N5O4/c1-3-5-10-26-20(23)19(25-11-13-31-14-12-25)21(29)27(22(26)30)15-18(28)24-17-8-6-16(4-2)7-9-17/h6-9H,3-5,10-15,23H2,1-2H3,(H,24,28). The SMILES string of the molecule is CCCCn1c(N)c(N2CCOCC2)c(=O)n(CC(=O)Nc2ccc(CC)cc2)c1=O. The van der Waals surface area contributed by atoms with Crippen LogP contribution in [-0.2, 0) is 29.0 Å². The van der Waals surface area contributed by atoms with Gasteiger partial charge in [-0.3, -0.25) is 14.2 Å². The van der Waals surface area contributed by atoms with Crippen LogP contribution in [-0.4, -0.2) is 41.3 Å². The molecule has 1 aromatic heterocycles. The number of ether oxygens (including phenoxy) is 1. The van der Waals surface area contributed by atoms with Crippen molar-refractivity contribution >= 4 is 23.1 Å². The summed E-state index contributed by atoms with van der Waals surface area (Å²) in [6, 6.07) is 7.47. The van der Waals surface area contributed by atoms with Crippen LogP contribution in [0, 0.1) is 0 Å². The van der Waals surface area contributed by atoms with Crippen LogP contribution >= 0.6 is 0 Å². The Hall–Kier alpha value is -3.07. The smallest absolute Gasteiger partial charge is 0.333 e. The predicted molar refractivity (Wildman–Crippen MR) is 122 cm³/mol. The number of aromatic nitrogens is 2. The first-order valence-electron chi connectivity index (χ1n) is 10.8. The molecule has 0 unspecified atom stereocenters. The molecule has 2 heterocycles. The summed E-state index contributed by atoms with van der Waals surface area (Å²) in [4.78, 5) is 40.7. The average Bonchev–Trinajstić information content (AvgIpc) is 2.78. The lowest BCUT2D eigenvalue weighted by Gasteiger charge is -2.30. The largest absolute Gasteiger partial charge is 0.383 e. The highest BCUT2D eigenvalue weighted by atomic mass is 16.5. The highest BCUT2D eigenvalue weighted by molar-refractivity contribution is 5.90. The van der Waals surface area contributed by atoms with E-state index in [9.17, 15) is 14.4 Å². The Labute approximate surface area is 181 Å². The van der Waals surface area contributed by atoms with Crippen LogP contribution in [0.15, 0.2) is 33.9 Å². The van der Waals surface area contributed by atoms with Crippen LogP contribution < -0.4 is 27.2 Å². The first-order chi connectivity index (χ1) is 15.0. The number of nitrogens with one attached hydrogen (secondary N) is 1. The van der Waals surface area contributed by atoms with Gasteiger partial charge < -0.3 is 20.7 Å². The summed E-state index contributed by atoms with van der Waals surface area (Å²) in [7, 11) is 0. The number of nitrogens with two attached hydrogens (primary N) is 1. The van der Waals surface area contributed by atoms with Crippen molar-refractivity contribution in [1.29, 1.82) is 0 Å². The topological polar surface area (TPSA) is 112 Å². The minimum absolute atomic E-state index is 0.150. The van der Waals surface area contributed by atoms with Crippen molar-refractivity contribution in [3.8, 4) is 0 Å². The number of amides is 1. The molecule has 31 heavy (non-hydrogen) atoms. The zero-order chi connectivity index (χ0) is 22.4. The third-order valence-corrected chi connectivity index (χ3v) is 5.45. The van der Waals surface area contributed by atoms with Gasteiger partial charge in [0.2, 0.25) is 5.91 Å². The van der Waals surface area contributed by atoms with E-state index >= 15 is 0 Å². The van der Waals surface area contributed by atoms with Gasteiger partial charge in [0.1, 0.15) is 18.1 Å². The minimum Gasteiger partial charge on any atom is -0.383 e. The van der Waals surface area contributed by atoms with E-state index in [1.807, 2.05) is 24.0 Å². The van der Waals surface area contributed by atoms with Gasteiger partial charge in [-0.2, -0.15) is 0 Å². The molecular weight excluding hydrogens is 398 g/mol. The molecule has 2 aromatic rings. The van der Waals surface area contributed by atoms with E-state index in [0.717, 1.165) is 29.4 Å². The molecule has 3 rings (SSSR count). The highest BCUT2D eigenvalue weighted by Crippen LogP contribution is 2.19. The summed E-state index contributed by atoms with van der Waals surface area (Å²) < 4.78 is 7.75. The van der Waals surface area contributed by atoms with Gasteiger partial charge in [-0.05, 0) is 30.5 Å². The zero-order valence-corrected chi connectivity index (χ0v) is 18.2. The van der Waals surface area contributed by atoms with Gasteiger partial charge in [-0.25, -0.2) is 9.36 Å². The molecule has 1 aromatic carbocycles. The van der Waals surface area contributed by atoms with E-state index < -0.39 is 17.2 Å². The fourth-order valence-corrected chi connectivity index (χ4v) is 3.62.